The minimum absolute atomic E-state index is 0.0573. The highest BCUT2D eigenvalue weighted by Crippen LogP contribution is 2.24. The summed E-state index contributed by atoms with van der Waals surface area (Å²) in [5, 5.41) is 0.0573. The molecule has 0 N–H and O–H groups in total. The Morgan fingerprint density at radius 2 is 1.69 bits per heavy atom. The average Bonchev–Trinajstić information content (AvgIpc) is 3.08. The van der Waals surface area contributed by atoms with Gasteiger partial charge in [0.25, 0.3) is 5.91 Å². The first kappa shape index (κ1) is 24.2. The number of carbonyl (C=O) groups excluding carboxylic acids is 2. The third kappa shape index (κ3) is 6.09. The van der Waals surface area contributed by atoms with Gasteiger partial charge in [0.2, 0.25) is 10.0 Å². The fourth-order valence-electron chi connectivity index (χ4n) is 3.54. The highest BCUT2D eigenvalue weighted by Gasteiger charge is 2.25. The van der Waals surface area contributed by atoms with Crippen molar-refractivity contribution >= 4 is 33.5 Å². The van der Waals surface area contributed by atoms with Crippen LogP contribution in [0.25, 0.3) is 0 Å². The Hall–Kier alpha value is -2.42. The Kier molecular flexibility index (Phi) is 8.28. The van der Waals surface area contributed by atoms with E-state index in [-0.39, 0.29) is 27.9 Å². The number of rotatable bonds is 7. The zero-order chi connectivity index (χ0) is 23.1. The van der Waals surface area contributed by atoms with Crippen molar-refractivity contribution < 1.29 is 22.7 Å². The highest BCUT2D eigenvalue weighted by atomic mass is 35.5. The van der Waals surface area contributed by atoms with Crippen LogP contribution in [0, 0.1) is 0 Å². The van der Waals surface area contributed by atoms with Crippen LogP contribution < -0.4 is 0 Å². The summed E-state index contributed by atoms with van der Waals surface area (Å²) in [4.78, 5) is 26.6. The fourth-order valence-corrected chi connectivity index (χ4v) is 4.92. The maximum Gasteiger partial charge on any atom is 0.340 e. The first-order valence-corrected chi connectivity index (χ1v) is 12.4. The number of amides is 1. The quantitative estimate of drug-likeness (QED) is 0.566. The lowest BCUT2D eigenvalue weighted by Crippen LogP contribution is -2.35. The Bertz CT molecular complexity index is 1050. The normalized spacial score (nSPS) is 14.8. The van der Waals surface area contributed by atoms with Crippen LogP contribution in [0.4, 0.5) is 0 Å². The molecule has 0 bridgehead atoms. The summed E-state index contributed by atoms with van der Waals surface area (Å²) in [5.41, 5.74) is 0.740. The minimum atomic E-state index is -3.87. The van der Waals surface area contributed by atoms with Gasteiger partial charge in [-0.05, 0) is 36.6 Å². The zero-order valence-corrected chi connectivity index (χ0v) is 19.6. The van der Waals surface area contributed by atoms with E-state index in [9.17, 15) is 18.0 Å². The number of nitrogens with zero attached hydrogens (tertiary/aromatic N) is 2. The van der Waals surface area contributed by atoms with Crippen LogP contribution in [0.15, 0.2) is 53.4 Å². The lowest BCUT2D eigenvalue weighted by Gasteiger charge is -2.20. The van der Waals surface area contributed by atoms with Crippen molar-refractivity contribution in [3.05, 3.63) is 64.7 Å². The monoisotopic (exact) mass is 478 g/mol. The van der Waals surface area contributed by atoms with Gasteiger partial charge in [0.1, 0.15) is 0 Å². The number of likely N-dealkylation sites (tertiary alicyclic amines) is 1. The van der Waals surface area contributed by atoms with Crippen LogP contribution in [-0.4, -0.2) is 56.2 Å². The predicted molar refractivity (Wildman–Crippen MR) is 122 cm³/mol. The molecule has 9 heteroatoms. The van der Waals surface area contributed by atoms with Crippen molar-refractivity contribution in [3.8, 4) is 0 Å². The molecule has 0 radical (unpaired) electrons. The highest BCUT2D eigenvalue weighted by molar-refractivity contribution is 7.89. The molecule has 172 valence electrons. The van der Waals surface area contributed by atoms with Gasteiger partial charge < -0.3 is 9.64 Å². The molecule has 7 nitrogen and oxygen atoms in total. The minimum Gasteiger partial charge on any atom is -0.452 e. The molecule has 1 aliphatic rings. The molecule has 0 saturated carbocycles. The molecule has 1 heterocycles. The molecule has 2 aromatic carbocycles. The van der Waals surface area contributed by atoms with Gasteiger partial charge in [-0.2, -0.15) is 4.31 Å². The van der Waals surface area contributed by atoms with Crippen LogP contribution in [0.5, 0.6) is 0 Å². The smallest absolute Gasteiger partial charge is 0.340 e. The molecular weight excluding hydrogens is 452 g/mol. The molecule has 1 aliphatic heterocycles. The van der Waals surface area contributed by atoms with Crippen molar-refractivity contribution in [2.75, 3.05) is 26.7 Å². The van der Waals surface area contributed by atoms with Crippen molar-refractivity contribution in [1.82, 2.24) is 9.21 Å². The van der Waals surface area contributed by atoms with Crippen molar-refractivity contribution in [2.24, 2.45) is 0 Å². The van der Waals surface area contributed by atoms with E-state index in [1.54, 1.807) is 4.90 Å². The van der Waals surface area contributed by atoms with Crippen LogP contribution in [0.2, 0.25) is 5.02 Å². The fraction of sp³-hybridized carbons (Fsp3) is 0.391. The third-order valence-electron chi connectivity index (χ3n) is 5.40. The number of halogens is 1. The Morgan fingerprint density at radius 3 is 2.34 bits per heavy atom. The molecule has 0 unspecified atom stereocenters. The second kappa shape index (κ2) is 10.9. The summed E-state index contributed by atoms with van der Waals surface area (Å²) in [5.74, 6) is -1.09. The van der Waals surface area contributed by atoms with Gasteiger partial charge in [-0.3, -0.25) is 4.79 Å². The number of benzene rings is 2. The average molecular weight is 479 g/mol. The molecule has 0 atom stereocenters. The maximum absolute atomic E-state index is 13.0. The van der Waals surface area contributed by atoms with Crippen LogP contribution in [0.1, 0.15) is 41.6 Å². The van der Waals surface area contributed by atoms with Crippen LogP contribution in [0.3, 0.4) is 0 Å². The van der Waals surface area contributed by atoms with E-state index in [0.717, 1.165) is 31.2 Å². The summed E-state index contributed by atoms with van der Waals surface area (Å²) >= 11 is 6.13. The van der Waals surface area contributed by atoms with Gasteiger partial charge in [-0.15, -0.1) is 0 Å². The molecule has 1 saturated heterocycles. The number of carbonyl (C=O) groups is 2. The van der Waals surface area contributed by atoms with E-state index in [1.807, 2.05) is 30.3 Å². The summed E-state index contributed by atoms with van der Waals surface area (Å²) < 4.78 is 32.4. The standard InChI is InChI=1S/C23H27ClN2O5S/c1-25(16-18-9-5-4-6-10-18)32(29,30)19-11-12-21(24)20(15-19)23(28)31-17-22(27)26-13-7-2-3-8-14-26/h4-6,9-12,15H,2-3,7-8,13-14,16-17H2,1H3. The molecule has 1 amide bonds. The van der Waals surface area contributed by atoms with E-state index in [1.165, 1.54) is 29.6 Å². The largest absolute Gasteiger partial charge is 0.452 e. The van der Waals surface area contributed by atoms with Crippen molar-refractivity contribution in [1.29, 1.82) is 0 Å². The number of sulfonamides is 1. The van der Waals surface area contributed by atoms with Crippen LogP contribution >= 0.6 is 11.6 Å². The SMILES string of the molecule is CN(Cc1ccccc1)S(=O)(=O)c1ccc(Cl)c(C(=O)OCC(=O)N2CCCCCC2)c1. The number of esters is 1. The zero-order valence-electron chi connectivity index (χ0n) is 18.0. The second-order valence-corrected chi connectivity index (χ2v) is 10.2. The molecule has 0 aromatic heterocycles. The van der Waals surface area contributed by atoms with Gasteiger partial charge in [0, 0.05) is 26.7 Å². The van der Waals surface area contributed by atoms with E-state index in [4.69, 9.17) is 16.3 Å². The molecular formula is C23H27ClN2O5S. The van der Waals surface area contributed by atoms with Gasteiger partial charge in [-0.1, -0.05) is 54.8 Å². The van der Waals surface area contributed by atoms with Crippen molar-refractivity contribution in [2.45, 2.75) is 37.1 Å². The molecule has 0 aliphatic carbocycles. The van der Waals surface area contributed by atoms with E-state index < -0.39 is 22.6 Å². The topological polar surface area (TPSA) is 84.0 Å². The molecule has 0 spiro atoms. The lowest BCUT2D eigenvalue weighted by atomic mass is 10.2. The summed E-state index contributed by atoms with van der Waals surface area (Å²) in [6.45, 7) is 1.08. The predicted octanol–water partition coefficient (Wildman–Crippen LogP) is 3.72. The molecule has 1 fully saturated rings. The van der Waals surface area contributed by atoms with E-state index in [2.05, 4.69) is 0 Å². The van der Waals surface area contributed by atoms with Crippen LogP contribution in [-0.2, 0) is 26.1 Å². The maximum atomic E-state index is 13.0. The second-order valence-electron chi connectivity index (χ2n) is 7.76. The van der Waals surface area contributed by atoms with Gasteiger partial charge in [-0.25, -0.2) is 13.2 Å². The summed E-state index contributed by atoms with van der Waals surface area (Å²) in [7, 11) is -2.40. The van der Waals surface area contributed by atoms with E-state index >= 15 is 0 Å². The number of hydrogen-bond donors (Lipinski definition) is 0. The first-order chi connectivity index (χ1) is 15.3. The van der Waals surface area contributed by atoms with Gasteiger partial charge in [0.15, 0.2) is 6.61 Å². The lowest BCUT2D eigenvalue weighted by molar-refractivity contribution is -0.134. The Balaban J connectivity index is 1.70. The van der Waals surface area contributed by atoms with Gasteiger partial charge in [0.05, 0.1) is 15.5 Å². The molecule has 32 heavy (non-hydrogen) atoms. The van der Waals surface area contributed by atoms with Crippen molar-refractivity contribution in [3.63, 3.8) is 0 Å². The summed E-state index contributed by atoms with van der Waals surface area (Å²) in [6.07, 6.45) is 4.03. The Morgan fingerprint density at radius 1 is 1.03 bits per heavy atom. The first-order valence-electron chi connectivity index (χ1n) is 10.5. The molecule has 3 rings (SSSR count). The molecule has 2 aromatic rings. The Labute approximate surface area is 194 Å². The number of ether oxygens (including phenoxy) is 1. The number of hydrogen-bond acceptors (Lipinski definition) is 5. The third-order valence-corrected chi connectivity index (χ3v) is 7.53. The summed E-state index contributed by atoms with van der Waals surface area (Å²) in [6, 6.07) is 13.1. The van der Waals surface area contributed by atoms with Gasteiger partial charge >= 0.3 is 5.97 Å². The van der Waals surface area contributed by atoms with E-state index in [0.29, 0.717) is 13.1 Å².